The molecule has 0 amide bonds. The lowest BCUT2D eigenvalue weighted by Crippen LogP contribution is -2.20. The molecular formula is C23H22O. The number of aromatic hydroxyl groups is 1. The van der Waals surface area contributed by atoms with Crippen molar-refractivity contribution < 1.29 is 5.11 Å². The summed E-state index contributed by atoms with van der Waals surface area (Å²) in [6, 6.07) is 25.7. The van der Waals surface area contributed by atoms with Crippen LogP contribution in [0.4, 0.5) is 0 Å². The van der Waals surface area contributed by atoms with Crippen LogP contribution in [-0.2, 0) is 6.42 Å². The molecule has 0 fully saturated rings. The van der Waals surface area contributed by atoms with Gasteiger partial charge in [0.05, 0.1) is 0 Å². The van der Waals surface area contributed by atoms with Crippen LogP contribution in [0, 0.1) is 6.92 Å². The molecular weight excluding hydrogens is 292 g/mol. The van der Waals surface area contributed by atoms with Gasteiger partial charge in [-0.25, -0.2) is 0 Å². The molecule has 0 aromatic heterocycles. The van der Waals surface area contributed by atoms with E-state index in [1.165, 1.54) is 27.8 Å². The third kappa shape index (κ3) is 2.71. The van der Waals surface area contributed by atoms with Crippen LogP contribution < -0.4 is 0 Å². The molecule has 0 heterocycles. The van der Waals surface area contributed by atoms with E-state index in [0.29, 0.717) is 17.6 Å². The van der Waals surface area contributed by atoms with E-state index in [9.17, 15) is 5.11 Å². The molecule has 3 aromatic rings. The van der Waals surface area contributed by atoms with Crippen LogP contribution in [-0.4, -0.2) is 5.11 Å². The van der Waals surface area contributed by atoms with Crippen LogP contribution in [0.2, 0.25) is 0 Å². The molecule has 0 aliphatic heterocycles. The first-order valence-electron chi connectivity index (χ1n) is 8.65. The lowest BCUT2D eigenvalue weighted by molar-refractivity contribution is 0.469. The van der Waals surface area contributed by atoms with Gasteiger partial charge in [0.25, 0.3) is 0 Å². The van der Waals surface area contributed by atoms with Gasteiger partial charge >= 0.3 is 0 Å². The second-order valence-corrected chi connectivity index (χ2v) is 6.83. The highest BCUT2D eigenvalue weighted by Crippen LogP contribution is 2.46. The Morgan fingerprint density at radius 3 is 2.33 bits per heavy atom. The van der Waals surface area contributed by atoms with Crippen LogP contribution >= 0.6 is 0 Å². The zero-order valence-corrected chi connectivity index (χ0v) is 13.9. The lowest BCUT2D eigenvalue weighted by atomic mass is 9.69. The van der Waals surface area contributed by atoms with Gasteiger partial charge in [-0.1, -0.05) is 66.2 Å². The summed E-state index contributed by atoms with van der Waals surface area (Å²) in [6.07, 6.45) is 2.13. The SMILES string of the molecule is Cc1ccc([C@@H]2c3ccc(O)cc3CC[C@@H]2c2ccccc2)cc1. The van der Waals surface area contributed by atoms with Crippen LogP contribution in [0.1, 0.15) is 46.1 Å². The van der Waals surface area contributed by atoms with E-state index in [-0.39, 0.29) is 0 Å². The van der Waals surface area contributed by atoms with E-state index in [1.54, 1.807) is 0 Å². The van der Waals surface area contributed by atoms with Gasteiger partial charge in [-0.2, -0.15) is 0 Å². The largest absolute Gasteiger partial charge is 0.508 e. The molecule has 3 aromatic carbocycles. The predicted octanol–water partition coefficient (Wildman–Crippen LogP) is 5.56. The molecule has 0 unspecified atom stereocenters. The quantitative estimate of drug-likeness (QED) is 0.656. The monoisotopic (exact) mass is 314 g/mol. The first-order chi connectivity index (χ1) is 11.7. The minimum absolute atomic E-state index is 0.345. The van der Waals surface area contributed by atoms with Gasteiger partial charge in [0, 0.05) is 5.92 Å². The van der Waals surface area contributed by atoms with Gasteiger partial charge in [-0.3, -0.25) is 0 Å². The fourth-order valence-electron chi connectivity index (χ4n) is 4.05. The maximum Gasteiger partial charge on any atom is 0.115 e. The van der Waals surface area contributed by atoms with E-state index in [4.69, 9.17) is 0 Å². The fourth-order valence-corrected chi connectivity index (χ4v) is 4.05. The molecule has 2 atom stereocenters. The molecule has 0 saturated heterocycles. The van der Waals surface area contributed by atoms with Crippen LogP contribution in [0.5, 0.6) is 5.75 Å². The van der Waals surface area contributed by atoms with Crippen molar-refractivity contribution in [1.29, 1.82) is 0 Å². The molecule has 4 rings (SSSR count). The van der Waals surface area contributed by atoms with Crippen molar-refractivity contribution in [2.24, 2.45) is 0 Å². The van der Waals surface area contributed by atoms with Crippen molar-refractivity contribution in [1.82, 2.24) is 0 Å². The molecule has 1 heteroatoms. The Balaban J connectivity index is 1.86. The average molecular weight is 314 g/mol. The normalized spacial score (nSPS) is 19.7. The predicted molar refractivity (Wildman–Crippen MR) is 98.6 cm³/mol. The van der Waals surface area contributed by atoms with Gasteiger partial charge in [-0.05, 0) is 60.1 Å². The lowest BCUT2D eigenvalue weighted by Gasteiger charge is -2.34. The van der Waals surface area contributed by atoms with E-state index in [0.717, 1.165) is 12.8 Å². The Bertz CT molecular complexity index is 834. The number of hydrogen-bond acceptors (Lipinski definition) is 1. The first kappa shape index (κ1) is 15.0. The Labute approximate surface area is 143 Å². The maximum atomic E-state index is 9.86. The Hall–Kier alpha value is -2.54. The summed E-state index contributed by atoms with van der Waals surface area (Å²) in [6.45, 7) is 2.13. The summed E-state index contributed by atoms with van der Waals surface area (Å²) in [5.74, 6) is 1.19. The molecule has 1 nitrogen and oxygen atoms in total. The molecule has 120 valence electrons. The highest BCUT2D eigenvalue weighted by atomic mass is 16.3. The summed E-state index contributed by atoms with van der Waals surface area (Å²) in [4.78, 5) is 0. The second kappa shape index (κ2) is 6.16. The highest BCUT2D eigenvalue weighted by Gasteiger charge is 2.31. The van der Waals surface area contributed by atoms with E-state index in [1.807, 2.05) is 12.1 Å². The van der Waals surface area contributed by atoms with Crippen molar-refractivity contribution in [3.05, 3.63) is 101 Å². The third-order valence-electron chi connectivity index (χ3n) is 5.25. The molecule has 0 bridgehead atoms. The minimum atomic E-state index is 0.345. The topological polar surface area (TPSA) is 20.2 Å². The first-order valence-corrected chi connectivity index (χ1v) is 8.65. The number of fused-ring (bicyclic) bond motifs is 1. The number of phenols is 1. The molecule has 0 saturated carbocycles. The molecule has 0 spiro atoms. The van der Waals surface area contributed by atoms with Gasteiger partial charge < -0.3 is 5.11 Å². The summed E-state index contributed by atoms with van der Waals surface area (Å²) in [5, 5.41) is 9.86. The molecule has 1 aliphatic carbocycles. The third-order valence-corrected chi connectivity index (χ3v) is 5.25. The summed E-state index contributed by atoms with van der Waals surface area (Å²) >= 11 is 0. The minimum Gasteiger partial charge on any atom is -0.508 e. The number of aryl methyl sites for hydroxylation is 2. The van der Waals surface area contributed by atoms with Gasteiger partial charge in [0.2, 0.25) is 0 Å². The summed E-state index contributed by atoms with van der Waals surface area (Å²) < 4.78 is 0. The van der Waals surface area contributed by atoms with Crippen molar-refractivity contribution >= 4 is 0 Å². The second-order valence-electron chi connectivity index (χ2n) is 6.83. The molecule has 0 radical (unpaired) electrons. The van der Waals surface area contributed by atoms with Crippen LogP contribution in [0.15, 0.2) is 72.8 Å². The van der Waals surface area contributed by atoms with Crippen molar-refractivity contribution in [3.8, 4) is 5.75 Å². The summed E-state index contributed by atoms with van der Waals surface area (Å²) in [5.41, 5.74) is 6.70. The average Bonchev–Trinajstić information content (AvgIpc) is 2.62. The number of benzene rings is 3. The fraction of sp³-hybridized carbons (Fsp3) is 0.217. The number of phenolic OH excluding ortho intramolecular Hbond substituents is 1. The standard InChI is InChI=1S/C23H22O/c1-16-7-9-18(10-8-16)23-21(17-5-3-2-4-6-17)13-11-19-15-20(24)12-14-22(19)23/h2-10,12,14-15,21,23-24H,11,13H2,1H3/t21-,23+/m1/s1. The van der Waals surface area contributed by atoms with Crippen LogP contribution in [0.3, 0.4) is 0 Å². The Kier molecular flexibility index (Phi) is 3.86. The van der Waals surface area contributed by atoms with E-state index < -0.39 is 0 Å². The van der Waals surface area contributed by atoms with Gasteiger partial charge in [0.15, 0.2) is 0 Å². The molecule has 1 N–H and O–H groups in total. The Morgan fingerprint density at radius 2 is 1.58 bits per heavy atom. The summed E-state index contributed by atoms with van der Waals surface area (Å²) in [7, 11) is 0. The van der Waals surface area contributed by atoms with Crippen molar-refractivity contribution in [2.45, 2.75) is 31.6 Å². The Morgan fingerprint density at radius 1 is 0.833 bits per heavy atom. The zero-order valence-electron chi connectivity index (χ0n) is 13.9. The van der Waals surface area contributed by atoms with Gasteiger partial charge in [0.1, 0.15) is 5.75 Å². The van der Waals surface area contributed by atoms with Crippen molar-refractivity contribution in [2.75, 3.05) is 0 Å². The van der Waals surface area contributed by atoms with Gasteiger partial charge in [-0.15, -0.1) is 0 Å². The number of hydrogen-bond donors (Lipinski definition) is 1. The number of rotatable bonds is 2. The van der Waals surface area contributed by atoms with Crippen LogP contribution in [0.25, 0.3) is 0 Å². The zero-order chi connectivity index (χ0) is 16.5. The molecule has 1 aliphatic rings. The van der Waals surface area contributed by atoms with E-state index >= 15 is 0 Å². The van der Waals surface area contributed by atoms with E-state index in [2.05, 4.69) is 67.6 Å². The van der Waals surface area contributed by atoms with Crippen molar-refractivity contribution in [3.63, 3.8) is 0 Å². The maximum absolute atomic E-state index is 9.86. The molecule has 24 heavy (non-hydrogen) atoms. The smallest absolute Gasteiger partial charge is 0.115 e. The highest BCUT2D eigenvalue weighted by molar-refractivity contribution is 5.47.